The Morgan fingerprint density at radius 3 is 2.58 bits per heavy atom. The normalized spacial score (nSPS) is 18.0. The summed E-state index contributed by atoms with van der Waals surface area (Å²) < 4.78 is 12.8. The summed E-state index contributed by atoms with van der Waals surface area (Å²) in [6.45, 7) is 2.05. The van der Waals surface area contributed by atoms with Crippen LogP contribution in [0.3, 0.4) is 0 Å². The molecule has 0 spiro atoms. The van der Waals surface area contributed by atoms with E-state index < -0.39 is 23.4 Å². The van der Waals surface area contributed by atoms with Crippen LogP contribution in [-0.4, -0.2) is 87.3 Å². The monoisotopic (exact) mass is 694 g/mol. The molecular weight excluding hydrogens is 660 g/mol. The van der Waals surface area contributed by atoms with Gasteiger partial charge < -0.3 is 29.2 Å². The molecule has 2 aliphatic heterocycles. The van der Waals surface area contributed by atoms with Crippen LogP contribution in [0.5, 0.6) is 6.01 Å². The number of ether oxygens (including phenoxy) is 2. The van der Waals surface area contributed by atoms with Crippen molar-refractivity contribution in [2.75, 3.05) is 44.7 Å². The highest BCUT2D eigenvalue weighted by molar-refractivity contribution is 6.36. The van der Waals surface area contributed by atoms with Gasteiger partial charge in [0.1, 0.15) is 18.7 Å². The number of carbonyl (C=O) groups excluding carboxylic acids is 1. The molecule has 1 amide bonds. The lowest BCUT2D eigenvalue weighted by molar-refractivity contribution is 0.0768. The number of aromatic amines is 1. The Hall–Kier alpha value is -5.45. The van der Waals surface area contributed by atoms with Gasteiger partial charge in [0.2, 0.25) is 0 Å². The predicted octanol–water partition coefficient (Wildman–Crippen LogP) is 4.49. The van der Waals surface area contributed by atoms with Gasteiger partial charge in [-0.1, -0.05) is 66.2 Å². The lowest BCUT2D eigenvalue weighted by atomic mass is 10.1. The Bertz CT molecular complexity index is 2210. The highest BCUT2D eigenvalue weighted by Gasteiger charge is 2.34. The summed E-state index contributed by atoms with van der Waals surface area (Å²) in [6.07, 6.45) is 1.50. The van der Waals surface area contributed by atoms with E-state index in [0.29, 0.717) is 22.7 Å². The van der Waals surface area contributed by atoms with Gasteiger partial charge in [-0.05, 0) is 49.5 Å². The van der Waals surface area contributed by atoms with E-state index in [1.54, 1.807) is 29.2 Å². The number of hydrogen-bond acceptors (Lipinski definition) is 10. The van der Waals surface area contributed by atoms with E-state index in [1.165, 1.54) is 0 Å². The molecule has 0 saturated carbocycles. The fraction of sp³-hybridized carbons (Fsp3) is 0.333. The number of nitrogens with zero attached hydrogens (tertiary/aromatic N) is 7. The van der Waals surface area contributed by atoms with E-state index in [2.05, 4.69) is 20.9 Å². The van der Waals surface area contributed by atoms with Crippen molar-refractivity contribution in [1.82, 2.24) is 29.3 Å². The molecule has 2 saturated heterocycles. The maximum absolute atomic E-state index is 14.3. The number of anilines is 1. The first-order valence-corrected chi connectivity index (χ1v) is 16.9. The van der Waals surface area contributed by atoms with Crippen LogP contribution >= 0.6 is 11.6 Å². The zero-order valence-electron chi connectivity index (χ0n) is 27.4. The number of halogens is 1. The Balaban J connectivity index is 1.27. The molecule has 14 heteroatoms. The summed E-state index contributed by atoms with van der Waals surface area (Å²) in [4.78, 5) is 59.0. The zero-order chi connectivity index (χ0) is 34.8. The Morgan fingerprint density at radius 1 is 1.02 bits per heavy atom. The van der Waals surface area contributed by atoms with Gasteiger partial charge >= 0.3 is 17.8 Å². The van der Waals surface area contributed by atoms with Crippen molar-refractivity contribution in [3.8, 4) is 17.8 Å². The van der Waals surface area contributed by atoms with Crippen LogP contribution < -0.4 is 20.9 Å². The number of rotatable bonds is 8. The van der Waals surface area contributed by atoms with Crippen LogP contribution in [-0.2, 0) is 11.3 Å². The fourth-order valence-electron chi connectivity index (χ4n) is 6.77. The molecule has 256 valence electrons. The molecular formula is C36H35ClN8O5. The fourth-order valence-corrected chi connectivity index (χ4v) is 7.04. The van der Waals surface area contributed by atoms with Gasteiger partial charge in [0.15, 0.2) is 11.3 Å². The third kappa shape index (κ3) is 6.47. The van der Waals surface area contributed by atoms with E-state index in [-0.39, 0.29) is 61.6 Å². The summed E-state index contributed by atoms with van der Waals surface area (Å²) in [5, 5.41) is 11.4. The summed E-state index contributed by atoms with van der Waals surface area (Å²) in [6, 6.07) is 21.7. The second-order valence-electron chi connectivity index (χ2n) is 12.5. The molecule has 3 aromatic carbocycles. The summed E-state index contributed by atoms with van der Waals surface area (Å²) in [5.74, 6) is 0.266. The van der Waals surface area contributed by atoms with Crippen molar-refractivity contribution in [3.63, 3.8) is 0 Å². The average Bonchev–Trinajstić information content (AvgIpc) is 3.54. The summed E-state index contributed by atoms with van der Waals surface area (Å²) in [7, 11) is 2.03. The van der Waals surface area contributed by atoms with Gasteiger partial charge in [0, 0.05) is 31.1 Å². The number of aromatic nitrogens is 4. The van der Waals surface area contributed by atoms with Crippen molar-refractivity contribution in [3.05, 3.63) is 98.2 Å². The molecule has 5 aromatic rings. The van der Waals surface area contributed by atoms with E-state index in [9.17, 15) is 19.6 Å². The van der Waals surface area contributed by atoms with Crippen LogP contribution in [0, 0.1) is 11.3 Å². The van der Waals surface area contributed by atoms with Crippen molar-refractivity contribution in [1.29, 1.82) is 5.26 Å². The van der Waals surface area contributed by atoms with Gasteiger partial charge in [-0.15, -0.1) is 0 Å². The Kier molecular flexibility index (Phi) is 9.38. The number of piperazine rings is 1. The van der Waals surface area contributed by atoms with Gasteiger partial charge in [0.25, 0.3) is 5.56 Å². The molecule has 0 unspecified atom stereocenters. The van der Waals surface area contributed by atoms with Gasteiger partial charge in [0.05, 0.1) is 29.2 Å². The molecule has 2 fully saturated rings. The van der Waals surface area contributed by atoms with Crippen molar-refractivity contribution < 1.29 is 14.3 Å². The van der Waals surface area contributed by atoms with Crippen molar-refractivity contribution in [2.45, 2.75) is 38.0 Å². The minimum atomic E-state index is -0.697. The third-order valence-corrected chi connectivity index (χ3v) is 9.72. The van der Waals surface area contributed by atoms with Gasteiger partial charge in [-0.25, -0.2) is 14.2 Å². The van der Waals surface area contributed by atoms with Crippen LogP contribution in [0.25, 0.3) is 27.5 Å². The molecule has 7 rings (SSSR count). The van der Waals surface area contributed by atoms with Crippen LogP contribution in [0.15, 0.2) is 76.3 Å². The highest BCUT2D eigenvalue weighted by atomic mass is 35.5. The van der Waals surface area contributed by atoms with Crippen LogP contribution in [0.4, 0.5) is 10.6 Å². The molecule has 4 heterocycles. The highest BCUT2D eigenvalue weighted by Crippen LogP contribution is 2.30. The maximum Gasteiger partial charge on any atom is 0.410 e. The number of benzene rings is 3. The van der Waals surface area contributed by atoms with Crippen LogP contribution in [0.1, 0.15) is 24.8 Å². The van der Waals surface area contributed by atoms with E-state index in [0.717, 1.165) is 34.9 Å². The average molecular weight is 695 g/mol. The second-order valence-corrected chi connectivity index (χ2v) is 12.9. The number of likely N-dealkylation sites (N-methyl/N-ethyl adjacent to an activating group) is 1. The van der Waals surface area contributed by atoms with Crippen LogP contribution in [0.2, 0.25) is 5.02 Å². The molecule has 2 aliphatic rings. The molecule has 0 aliphatic carbocycles. The first-order chi connectivity index (χ1) is 24.3. The molecule has 1 N–H and O–H groups in total. The SMILES string of the molecule is CN1CCC[C@H]1COc1nc(N2CCN(C(=O)OCc3ccccc3)[C@@H](CC#N)C2)c2[nH]c(=O)n(-c3cccc4cccc(Cl)c34)c(=O)c2n1. The minimum Gasteiger partial charge on any atom is -0.462 e. The molecule has 2 aromatic heterocycles. The Morgan fingerprint density at radius 2 is 1.82 bits per heavy atom. The number of hydrogen-bond donors (Lipinski definition) is 1. The molecule has 13 nitrogen and oxygen atoms in total. The van der Waals surface area contributed by atoms with E-state index in [1.807, 2.05) is 54.4 Å². The minimum absolute atomic E-state index is 0.0130. The number of fused-ring (bicyclic) bond motifs is 2. The number of H-pyrrole nitrogens is 1. The summed E-state index contributed by atoms with van der Waals surface area (Å²) >= 11 is 6.58. The molecule has 0 radical (unpaired) electrons. The molecule has 50 heavy (non-hydrogen) atoms. The smallest absolute Gasteiger partial charge is 0.410 e. The maximum atomic E-state index is 14.3. The number of likely N-dealkylation sites (tertiary alicyclic amines) is 1. The van der Waals surface area contributed by atoms with Gasteiger partial charge in [-0.3, -0.25) is 4.79 Å². The number of carbonyl (C=O) groups is 1. The topological polar surface area (TPSA) is 150 Å². The van der Waals surface area contributed by atoms with E-state index in [4.69, 9.17) is 26.1 Å². The van der Waals surface area contributed by atoms with Crippen molar-refractivity contribution in [2.24, 2.45) is 0 Å². The number of nitrogens with one attached hydrogen (secondary N) is 1. The van der Waals surface area contributed by atoms with E-state index >= 15 is 0 Å². The molecule has 0 bridgehead atoms. The standard InChI is InChI=1S/C36H35ClN8O5/c1-42-17-7-12-26(42)22-49-34-39-31-30(40-35(47)45(33(31)46)28-14-6-11-24-10-5-13-27(37)29(24)28)32(41-34)43-18-19-44(25(20-43)15-16-38)36(48)50-21-23-8-3-2-4-9-23/h2-6,8-11,13-14,25-26H,7,12,15,17-22H2,1H3,(H,40,47)/t25-,26-/m0/s1. The molecule has 2 atom stereocenters. The van der Waals surface area contributed by atoms with Gasteiger partial charge in [-0.2, -0.15) is 15.2 Å². The second kappa shape index (κ2) is 14.2. The first kappa shape index (κ1) is 33.1. The zero-order valence-corrected chi connectivity index (χ0v) is 28.2. The largest absolute Gasteiger partial charge is 0.462 e. The lowest BCUT2D eigenvalue weighted by Crippen LogP contribution is -2.55. The number of nitriles is 1. The summed E-state index contributed by atoms with van der Waals surface area (Å²) in [5.41, 5.74) is -0.121. The third-order valence-electron chi connectivity index (χ3n) is 9.41. The lowest BCUT2D eigenvalue weighted by Gasteiger charge is -2.40. The predicted molar refractivity (Wildman–Crippen MR) is 189 cm³/mol. The number of amides is 1. The Labute approximate surface area is 292 Å². The quantitative estimate of drug-likeness (QED) is 0.246. The van der Waals surface area contributed by atoms with Crippen molar-refractivity contribution >= 4 is 45.3 Å². The first-order valence-electron chi connectivity index (χ1n) is 16.5.